The average Bonchev–Trinajstić information content (AvgIpc) is 2.82. The summed E-state index contributed by atoms with van der Waals surface area (Å²) in [6.07, 6.45) is 2.20. The Hall–Kier alpha value is -2.56. The van der Waals surface area contributed by atoms with Crippen molar-refractivity contribution < 1.29 is 9.84 Å². The van der Waals surface area contributed by atoms with Crippen LogP contribution in [0.25, 0.3) is 5.65 Å². The van der Waals surface area contributed by atoms with Gasteiger partial charge in [-0.25, -0.2) is 0 Å². The van der Waals surface area contributed by atoms with Gasteiger partial charge in [-0.15, -0.1) is 10.2 Å². The highest BCUT2D eigenvalue weighted by atomic mass is 16.5. The summed E-state index contributed by atoms with van der Waals surface area (Å²) >= 11 is 0. The SMILES string of the molecule is COc1ccccc1Cc1nnc2ccc(O)cn12. The summed E-state index contributed by atoms with van der Waals surface area (Å²) in [5.41, 5.74) is 1.74. The smallest absolute Gasteiger partial charge is 0.161 e. The molecule has 2 aromatic heterocycles. The number of nitrogens with zero attached hydrogens (tertiary/aromatic N) is 3. The number of benzene rings is 1. The molecule has 0 aliphatic heterocycles. The van der Waals surface area contributed by atoms with E-state index in [1.165, 1.54) is 0 Å². The number of para-hydroxylation sites is 1. The molecule has 1 aromatic carbocycles. The van der Waals surface area contributed by atoms with Gasteiger partial charge in [0.25, 0.3) is 0 Å². The molecule has 0 amide bonds. The molecule has 0 atom stereocenters. The van der Waals surface area contributed by atoms with Crippen LogP contribution in [0.2, 0.25) is 0 Å². The van der Waals surface area contributed by atoms with E-state index in [0.29, 0.717) is 12.1 Å². The van der Waals surface area contributed by atoms with E-state index in [-0.39, 0.29) is 5.75 Å². The maximum absolute atomic E-state index is 9.54. The lowest BCUT2D eigenvalue weighted by Crippen LogP contribution is -1.98. The zero-order chi connectivity index (χ0) is 13.2. The first-order valence-corrected chi connectivity index (χ1v) is 5.92. The van der Waals surface area contributed by atoms with Gasteiger partial charge in [0.1, 0.15) is 17.3 Å². The first-order chi connectivity index (χ1) is 9.28. The molecule has 19 heavy (non-hydrogen) atoms. The molecule has 0 bridgehead atoms. The largest absolute Gasteiger partial charge is 0.506 e. The van der Waals surface area contributed by atoms with E-state index in [1.54, 1.807) is 29.8 Å². The van der Waals surface area contributed by atoms with Crippen LogP contribution in [-0.4, -0.2) is 26.8 Å². The van der Waals surface area contributed by atoms with Crippen molar-refractivity contribution in [2.24, 2.45) is 0 Å². The first kappa shape index (κ1) is 11.5. The van der Waals surface area contributed by atoms with Gasteiger partial charge in [0.2, 0.25) is 0 Å². The highest BCUT2D eigenvalue weighted by molar-refractivity contribution is 5.42. The third kappa shape index (κ3) is 2.10. The number of ether oxygens (including phenoxy) is 1. The lowest BCUT2D eigenvalue weighted by atomic mass is 10.1. The monoisotopic (exact) mass is 255 g/mol. The zero-order valence-corrected chi connectivity index (χ0v) is 10.4. The van der Waals surface area contributed by atoms with Gasteiger partial charge >= 0.3 is 0 Å². The van der Waals surface area contributed by atoms with Crippen molar-refractivity contribution in [3.8, 4) is 11.5 Å². The third-order valence-electron chi connectivity index (χ3n) is 3.00. The van der Waals surface area contributed by atoms with Crippen molar-refractivity contribution in [3.05, 3.63) is 54.0 Å². The molecule has 1 N–H and O–H groups in total. The second-order valence-electron chi connectivity index (χ2n) is 4.22. The molecule has 0 saturated carbocycles. The normalized spacial score (nSPS) is 10.8. The molecule has 0 unspecified atom stereocenters. The molecule has 0 saturated heterocycles. The van der Waals surface area contributed by atoms with E-state index < -0.39 is 0 Å². The van der Waals surface area contributed by atoms with E-state index in [4.69, 9.17) is 4.74 Å². The van der Waals surface area contributed by atoms with Crippen molar-refractivity contribution in [2.45, 2.75) is 6.42 Å². The molecule has 5 nitrogen and oxygen atoms in total. The lowest BCUT2D eigenvalue weighted by Gasteiger charge is -2.07. The molecular formula is C14H13N3O2. The molecule has 0 radical (unpaired) electrons. The topological polar surface area (TPSA) is 59.7 Å². The Balaban J connectivity index is 2.03. The molecule has 3 rings (SSSR count). The number of hydrogen-bond acceptors (Lipinski definition) is 4. The van der Waals surface area contributed by atoms with E-state index in [1.807, 2.05) is 24.3 Å². The maximum Gasteiger partial charge on any atom is 0.161 e. The summed E-state index contributed by atoms with van der Waals surface area (Å²) in [5, 5.41) is 17.8. The molecular weight excluding hydrogens is 242 g/mol. The zero-order valence-electron chi connectivity index (χ0n) is 10.4. The highest BCUT2D eigenvalue weighted by Crippen LogP contribution is 2.21. The molecule has 0 fully saturated rings. The van der Waals surface area contributed by atoms with Gasteiger partial charge in [-0.3, -0.25) is 4.40 Å². The molecule has 96 valence electrons. The van der Waals surface area contributed by atoms with Gasteiger partial charge in [0, 0.05) is 12.0 Å². The fourth-order valence-corrected chi connectivity index (χ4v) is 2.07. The quantitative estimate of drug-likeness (QED) is 0.778. The van der Waals surface area contributed by atoms with E-state index >= 15 is 0 Å². The van der Waals surface area contributed by atoms with Gasteiger partial charge in [-0.2, -0.15) is 0 Å². The van der Waals surface area contributed by atoms with Crippen molar-refractivity contribution in [2.75, 3.05) is 7.11 Å². The highest BCUT2D eigenvalue weighted by Gasteiger charge is 2.09. The molecule has 2 heterocycles. The first-order valence-electron chi connectivity index (χ1n) is 5.92. The van der Waals surface area contributed by atoms with Crippen LogP contribution in [0.3, 0.4) is 0 Å². The van der Waals surface area contributed by atoms with E-state index in [9.17, 15) is 5.11 Å². The van der Waals surface area contributed by atoms with Crippen molar-refractivity contribution in [3.63, 3.8) is 0 Å². The third-order valence-corrected chi connectivity index (χ3v) is 3.00. The standard InChI is InChI=1S/C14H13N3O2/c1-19-12-5-3-2-4-10(12)8-14-16-15-13-7-6-11(18)9-17(13)14/h2-7,9,18H,8H2,1H3. The van der Waals surface area contributed by atoms with Gasteiger partial charge < -0.3 is 9.84 Å². The minimum atomic E-state index is 0.188. The van der Waals surface area contributed by atoms with Crippen LogP contribution in [-0.2, 0) is 6.42 Å². The average molecular weight is 255 g/mol. The second kappa shape index (κ2) is 4.61. The molecule has 3 aromatic rings. The van der Waals surface area contributed by atoms with Crippen LogP contribution >= 0.6 is 0 Å². The minimum absolute atomic E-state index is 0.188. The lowest BCUT2D eigenvalue weighted by molar-refractivity contribution is 0.410. The number of methoxy groups -OCH3 is 1. The van der Waals surface area contributed by atoms with Crippen molar-refractivity contribution in [1.82, 2.24) is 14.6 Å². The predicted molar refractivity (Wildman–Crippen MR) is 70.5 cm³/mol. The summed E-state index contributed by atoms with van der Waals surface area (Å²) in [6.45, 7) is 0. The fraction of sp³-hybridized carbons (Fsp3) is 0.143. The molecule has 0 aliphatic rings. The Bertz CT molecular complexity index is 722. The number of pyridine rings is 1. The number of rotatable bonds is 3. The van der Waals surface area contributed by atoms with Crippen LogP contribution in [0, 0.1) is 0 Å². The Kier molecular flexibility index (Phi) is 2.79. The number of aromatic hydroxyl groups is 1. The van der Waals surface area contributed by atoms with E-state index in [0.717, 1.165) is 17.1 Å². The second-order valence-corrected chi connectivity index (χ2v) is 4.22. The van der Waals surface area contributed by atoms with Crippen LogP contribution in [0.4, 0.5) is 0 Å². The van der Waals surface area contributed by atoms with Crippen molar-refractivity contribution >= 4 is 5.65 Å². The summed E-state index contributed by atoms with van der Waals surface area (Å²) in [7, 11) is 1.65. The Labute approximate surface area is 110 Å². The molecule has 5 heteroatoms. The maximum atomic E-state index is 9.54. The Morgan fingerprint density at radius 2 is 2.00 bits per heavy atom. The minimum Gasteiger partial charge on any atom is -0.506 e. The summed E-state index contributed by atoms with van der Waals surface area (Å²) in [4.78, 5) is 0. The number of hydrogen-bond donors (Lipinski definition) is 1. The van der Waals surface area contributed by atoms with Gasteiger partial charge in [-0.05, 0) is 18.2 Å². The van der Waals surface area contributed by atoms with Crippen LogP contribution in [0.15, 0.2) is 42.6 Å². The van der Waals surface area contributed by atoms with Crippen LogP contribution < -0.4 is 4.74 Å². The summed E-state index contributed by atoms with van der Waals surface area (Å²) in [6, 6.07) is 11.1. The van der Waals surface area contributed by atoms with Gasteiger partial charge in [0.05, 0.1) is 13.3 Å². The summed E-state index contributed by atoms with van der Waals surface area (Å²) < 4.78 is 7.10. The Morgan fingerprint density at radius 1 is 1.16 bits per heavy atom. The van der Waals surface area contributed by atoms with Crippen LogP contribution in [0.5, 0.6) is 11.5 Å². The molecule has 0 aliphatic carbocycles. The van der Waals surface area contributed by atoms with Gasteiger partial charge in [0.15, 0.2) is 5.65 Å². The van der Waals surface area contributed by atoms with Crippen LogP contribution in [0.1, 0.15) is 11.4 Å². The van der Waals surface area contributed by atoms with Crippen molar-refractivity contribution in [1.29, 1.82) is 0 Å². The molecule has 0 spiro atoms. The number of fused-ring (bicyclic) bond motifs is 1. The summed E-state index contributed by atoms with van der Waals surface area (Å²) in [5.74, 6) is 1.77. The van der Waals surface area contributed by atoms with E-state index in [2.05, 4.69) is 10.2 Å². The number of aromatic nitrogens is 3. The Morgan fingerprint density at radius 3 is 2.84 bits per heavy atom. The predicted octanol–water partition coefficient (Wildman–Crippen LogP) is 2.03. The fourth-order valence-electron chi connectivity index (χ4n) is 2.07. The van der Waals surface area contributed by atoms with Gasteiger partial charge in [-0.1, -0.05) is 18.2 Å².